The van der Waals surface area contributed by atoms with Gasteiger partial charge in [-0.2, -0.15) is 0 Å². The number of nitrogens with zero attached hydrogens (tertiary/aromatic N) is 2. The number of aromatic nitrogens is 1. The maximum Gasteiger partial charge on any atom is 0.422 e. The van der Waals surface area contributed by atoms with E-state index in [2.05, 4.69) is 4.98 Å². The molecule has 1 spiro atoms. The first-order valence-corrected chi connectivity index (χ1v) is 8.81. The summed E-state index contributed by atoms with van der Waals surface area (Å²) in [7, 11) is 0. The number of hydrogen-bond acceptors (Lipinski definition) is 5. The lowest BCUT2D eigenvalue weighted by atomic mass is 9.87. The quantitative estimate of drug-likeness (QED) is 0.637. The zero-order valence-corrected chi connectivity index (χ0v) is 14.8. The van der Waals surface area contributed by atoms with Gasteiger partial charge in [0.2, 0.25) is 5.60 Å². The topological polar surface area (TPSA) is 68.7 Å². The normalized spacial score (nSPS) is 21.3. The lowest BCUT2D eigenvalue weighted by Gasteiger charge is -2.31. The van der Waals surface area contributed by atoms with E-state index in [0.29, 0.717) is 22.0 Å². The van der Waals surface area contributed by atoms with Gasteiger partial charge < -0.3 is 9.47 Å². The summed E-state index contributed by atoms with van der Waals surface area (Å²) in [6.07, 6.45) is 2.67. The highest BCUT2D eigenvalue weighted by molar-refractivity contribution is 6.31. The Morgan fingerprint density at radius 2 is 1.96 bits per heavy atom. The van der Waals surface area contributed by atoms with Gasteiger partial charge in [-0.1, -0.05) is 35.9 Å². The lowest BCUT2D eigenvalue weighted by molar-refractivity contribution is -0.133. The van der Waals surface area contributed by atoms with Crippen LogP contribution in [0.1, 0.15) is 12.0 Å². The molecule has 2 aliphatic rings. The van der Waals surface area contributed by atoms with Crippen molar-refractivity contribution in [3.8, 4) is 5.75 Å². The minimum Gasteiger partial charge on any atom is -0.493 e. The molecule has 7 heteroatoms. The highest BCUT2D eigenvalue weighted by Gasteiger charge is 2.58. The van der Waals surface area contributed by atoms with E-state index in [1.807, 2.05) is 24.3 Å². The van der Waals surface area contributed by atoms with Crippen molar-refractivity contribution >= 4 is 40.1 Å². The molecule has 0 bridgehead atoms. The third-order valence-electron chi connectivity index (χ3n) is 4.97. The van der Waals surface area contributed by atoms with Crippen molar-refractivity contribution in [3.63, 3.8) is 0 Å². The number of pyridine rings is 1. The predicted octanol–water partition coefficient (Wildman–Crippen LogP) is 4.05. The number of carbonyl (C=O) groups is 2. The Balaban J connectivity index is 1.68. The summed E-state index contributed by atoms with van der Waals surface area (Å²) in [5.74, 6) is 0.0298. The van der Waals surface area contributed by atoms with E-state index in [9.17, 15) is 9.59 Å². The number of rotatable bonds is 1. The first-order valence-electron chi connectivity index (χ1n) is 8.43. The summed E-state index contributed by atoms with van der Waals surface area (Å²) >= 11 is 6.12. The smallest absolute Gasteiger partial charge is 0.422 e. The number of carbonyl (C=O) groups excluding carboxylic acids is 2. The van der Waals surface area contributed by atoms with Gasteiger partial charge in [0.15, 0.2) is 0 Å². The summed E-state index contributed by atoms with van der Waals surface area (Å²) in [5, 5.41) is 2.01. The van der Waals surface area contributed by atoms with Gasteiger partial charge in [0.25, 0.3) is 5.91 Å². The highest BCUT2D eigenvalue weighted by atomic mass is 35.5. The Kier molecular flexibility index (Phi) is 3.39. The van der Waals surface area contributed by atoms with E-state index in [1.165, 1.54) is 6.20 Å². The van der Waals surface area contributed by atoms with Gasteiger partial charge in [-0.3, -0.25) is 9.78 Å². The molecule has 2 aromatic carbocycles. The molecule has 0 N–H and O–H groups in total. The molecule has 2 amide bonds. The van der Waals surface area contributed by atoms with Crippen molar-refractivity contribution in [1.29, 1.82) is 0 Å². The second kappa shape index (κ2) is 5.69. The molecule has 3 aromatic rings. The second-order valence-electron chi connectivity index (χ2n) is 6.45. The molecule has 0 aliphatic carbocycles. The minimum atomic E-state index is -1.44. The molecule has 1 saturated heterocycles. The van der Waals surface area contributed by atoms with Crippen molar-refractivity contribution in [2.75, 3.05) is 11.5 Å². The van der Waals surface area contributed by atoms with Gasteiger partial charge in [0.1, 0.15) is 5.75 Å². The van der Waals surface area contributed by atoms with E-state index < -0.39 is 17.6 Å². The van der Waals surface area contributed by atoms with E-state index in [0.717, 1.165) is 15.7 Å². The Hall–Kier alpha value is -3.12. The molecule has 0 unspecified atom stereocenters. The first kappa shape index (κ1) is 16.1. The van der Waals surface area contributed by atoms with Crippen LogP contribution in [-0.4, -0.2) is 23.6 Å². The number of halogens is 1. The molecule has 0 radical (unpaired) electrons. The molecule has 1 aromatic heterocycles. The first-order chi connectivity index (χ1) is 13.1. The van der Waals surface area contributed by atoms with Crippen LogP contribution in [0, 0.1) is 0 Å². The van der Waals surface area contributed by atoms with E-state index in [-0.39, 0.29) is 13.0 Å². The molecule has 134 valence electrons. The minimum absolute atomic E-state index is 0.222. The Morgan fingerprint density at radius 3 is 2.85 bits per heavy atom. The summed E-state index contributed by atoms with van der Waals surface area (Å²) in [4.78, 5) is 31.5. The average Bonchev–Trinajstić information content (AvgIpc) is 2.92. The third kappa shape index (κ3) is 2.23. The molecule has 2 aliphatic heterocycles. The zero-order chi connectivity index (χ0) is 18.6. The Bertz CT molecular complexity index is 1110. The van der Waals surface area contributed by atoms with Gasteiger partial charge >= 0.3 is 6.09 Å². The molecule has 1 atom stereocenters. The summed E-state index contributed by atoms with van der Waals surface area (Å²) in [6, 6.07) is 12.4. The fraction of sp³-hybridized carbons (Fsp3) is 0.150. The fourth-order valence-electron chi connectivity index (χ4n) is 3.70. The molecule has 1 fully saturated rings. The van der Waals surface area contributed by atoms with Crippen LogP contribution in [0.15, 0.2) is 54.9 Å². The van der Waals surface area contributed by atoms with E-state index >= 15 is 0 Å². The van der Waals surface area contributed by atoms with Gasteiger partial charge in [0.05, 0.1) is 18.5 Å². The monoisotopic (exact) mass is 380 g/mol. The molecule has 5 rings (SSSR count). The fourth-order valence-corrected chi connectivity index (χ4v) is 3.87. The Morgan fingerprint density at radius 1 is 1.11 bits per heavy atom. The molecule has 0 saturated carbocycles. The maximum absolute atomic E-state index is 13.5. The van der Waals surface area contributed by atoms with Crippen molar-refractivity contribution in [2.45, 2.75) is 12.0 Å². The number of imide groups is 1. The SMILES string of the molecule is O=C1O[C@@]2(CCOc3ccc(Cl)cc32)C(=O)N1c1cncc2ccccc12. The lowest BCUT2D eigenvalue weighted by Crippen LogP contribution is -2.42. The van der Waals surface area contributed by atoms with Crippen molar-refractivity contribution < 1.29 is 19.1 Å². The van der Waals surface area contributed by atoms with Crippen molar-refractivity contribution in [3.05, 3.63) is 65.4 Å². The predicted molar refractivity (Wildman–Crippen MR) is 99.0 cm³/mol. The number of hydrogen-bond donors (Lipinski definition) is 0. The zero-order valence-electron chi connectivity index (χ0n) is 14.0. The van der Waals surface area contributed by atoms with Crippen molar-refractivity contribution in [1.82, 2.24) is 4.98 Å². The summed E-state index contributed by atoms with van der Waals surface area (Å²) in [6.45, 7) is 0.259. The molecule has 27 heavy (non-hydrogen) atoms. The van der Waals surface area contributed by atoms with Crippen LogP contribution < -0.4 is 9.64 Å². The highest BCUT2D eigenvalue weighted by Crippen LogP contribution is 2.47. The third-order valence-corrected chi connectivity index (χ3v) is 5.20. The van der Waals surface area contributed by atoms with Gasteiger partial charge in [-0.15, -0.1) is 0 Å². The number of anilines is 1. The molecule has 3 heterocycles. The van der Waals surface area contributed by atoms with Crippen LogP contribution in [0.3, 0.4) is 0 Å². The van der Waals surface area contributed by atoms with Crippen LogP contribution in [-0.2, 0) is 15.1 Å². The van der Waals surface area contributed by atoms with Crippen LogP contribution >= 0.6 is 11.6 Å². The largest absolute Gasteiger partial charge is 0.493 e. The van der Waals surface area contributed by atoms with Crippen LogP contribution in [0.5, 0.6) is 5.75 Å². The standard InChI is InChI=1S/C20H13ClN2O4/c21-13-5-6-17-15(9-13)20(7-8-26-17)18(24)23(19(25)27-20)16-11-22-10-12-3-1-2-4-14(12)16/h1-6,9-11H,7-8H2/t20-/m1/s1. The summed E-state index contributed by atoms with van der Waals surface area (Å²) in [5.41, 5.74) is -0.572. The number of benzene rings is 2. The van der Waals surface area contributed by atoms with Gasteiger partial charge in [-0.25, -0.2) is 9.69 Å². The van der Waals surface area contributed by atoms with Crippen molar-refractivity contribution in [2.24, 2.45) is 0 Å². The average molecular weight is 381 g/mol. The maximum atomic E-state index is 13.5. The number of amides is 2. The van der Waals surface area contributed by atoms with Crippen LogP contribution in [0.2, 0.25) is 5.02 Å². The van der Waals surface area contributed by atoms with Gasteiger partial charge in [-0.05, 0) is 18.2 Å². The van der Waals surface area contributed by atoms with E-state index in [1.54, 1.807) is 24.4 Å². The van der Waals surface area contributed by atoms with Gasteiger partial charge in [0, 0.05) is 34.0 Å². The van der Waals surface area contributed by atoms with Crippen LogP contribution in [0.4, 0.5) is 10.5 Å². The summed E-state index contributed by atoms with van der Waals surface area (Å²) < 4.78 is 11.3. The van der Waals surface area contributed by atoms with E-state index in [4.69, 9.17) is 21.1 Å². The molecule has 6 nitrogen and oxygen atoms in total. The van der Waals surface area contributed by atoms with Crippen LogP contribution in [0.25, 0.3) is 10.8 Å². The molecular weight excluding hydrogens is 368 g/mol. The molecular formula is C20H13ClN2O4. The Labute approximate surface area is 159 Å². The second-order valence-corrected chi connectivity index (χ2v) is 6.89. The number of ether oxygens (including phenoxy) is 2. The number of fused-ring (bicyclic) bond motifs is 3.